The lowest BCUT2D eigenvalue weighted by molar-refractivity contribution is 0.285. The maximum Gasteiger partial charge on any atom is 0.123 e. The summed E-state index contributed by atoms with van der Waals surface area (Å²) in [5.74, 6) is -2.90. The van der Waals surface area contributed by atoms with E-state index < -0.39 is 29.6 Å². The van der Waals surface area contributed by atoms with E-state index in [1.165, 1.54) is 23.8 Å². The quantitative estimate of drug-likeness (QED) is 0.0646. The summed E-state index contributed by atoms with van der Waals surface area (Å²) >= 11 is 0. The predicted octanol–water partition coefficient (Wildman–Crippen LogP) is 15.9. The lowest BCUT2D eigenvalue weighted by Crippen LogP contribution is -2.24. The van der Waals surface area contributed by atoms with Gasteiger partial charge in [-0.1, -0.05) is 165 Å². The number of phenolic OH excluding ortho intramolecular Hbond substituents is 5. The van der Waals surface area contributed by atoms with Gasteiger partial charge in [0.1, 0.15) is 40.3 Å². The van der Waals surface area contributed by atoms with Crippen LogP contribution in [0.1, 0.15) is 163 Å². The van der Waals surface area contributed by atoms with Crippen molar-refractivity contribution in [2.45, 2.75) is 111 Å². The van der Waals surface area contributed by atoms with Crippen LogP contribution in [0.4, 0.5) is 0 Å². The number of aliphatic hydroxyl groups excluding tert-OH is 2. The Morgan fingerprint density at radius 1 is 0.347 bits per heavy atom. The van der Waals surface area contributed by atoms with Crippen molar-refractivity contribution in [3.8, 4) is 28.7 Å². The van der Waals surface area contributed by atoms with Gasteiger partial charge in [0.15, 0.2) is 0 Å². The van der Waals surface area contributed by atoms with Gasteiger partial charge in [-0.2, -0.15) is 0 Å². The van der Waals surface area contributed by atoms with Crippen LogP contribution in [0, 0.1) is 29.6 Å². The molecule has 0 aliphatic heterocycles. The van der Waals surface area contributed by atoms with Crippen molar-refractivity contribution in [3.05, 3.63) is 241 Å². The summed E-state index contributed by atoms with van der Waals surface area (Å²) in [4.78, 5) is 0. The van der Waals surface area contributed by atoms with E-state index in [1.807, 2.05) is 48.5 Å². The zero-order chi connectivity index (χ0) is 53.4. The standard InChI is InChI=1S/C68H74O7/c1-38(2)27-42-9-17-46(18-10-42)65-50-25-26-58(69)51(31-50)66(47-19-11-43(12-20-47)28-39(3)4)54-33-55(62(73)36-61(54)72)68(49-23-15-45(16-24-49)30-41(7)8)57-34-56(63(74)37-64(57)75)67(53-32-52(65)59(70)35-60(53)71)48-21-13-44(14-22-48)29-40(5)6/h9-26,31,33-41,53,65-75H,27-30,32H2,1-8H3. The molecule has 0 amide bonds. The van der Waals surface area contributed by atoms with E-state index >= 15 is 0 Å². The molecule has 2 aliphatic carbocycles. The van der Waals surface area contributed by atoms with Gasteiger partial charge in [-0.05, 0) is 130 Å². The van der Waals surface area contributed by atoms with Crippen LogP contribution in [0.25, 0.3) is 0 Å². The molecular weight excluding hydrogens is 929 g/mol. The molecule has 7 heteroatoms. The van der Waals surface area contributed by atoms with Gasteiger partial charge < -0.3 is 35.7 Å². The second-order valence-electron chi connectivity index (χ2n) is 23.2. The van der Waals surface area contributed by atoms with Crippen LogP contribution in [0.2, 0.25) is 0 Å². The number of rotatable bonds is 12. The fourth-order valence-corrected chi connectivity index (χ4v) is 12.1. The summed E-state index contributed by atoms with van der Waals surface area (Å²) in [6.45, 7) is 17.4. The van der Waals surface area contributed by atoms with Crippen LogP contribution in [0.15, 0.2) is 163 Å². The minimum absolute atomic E-state index is 0.00691. The van der Waals surface area contributed by atoms with Crippen LogP contribution < -0.4 is 0 Å². The highest BCUT2D eigenvalue weighted by atomic mass is 16.3. The highest BCUT2D eigenvalue weighted by Gasteiger charge is 2.39. The third-order valence-electron chi connectivity index (χ3n) is 15.4. The highest BCUT2D eigenvalue weighted by Crippen LogP contribution is 2.54. The Kier molecular flexibility index (Phi) is 15.3. The summed E-state index contributed by atoms with van der Waals surface area (Å²) in [6.07, 6.45) is 5.07. The number of benzene rings is 7. The zero-order valence-corrected chi connectivity index (χ0v) is 44.7. The molecular formula is C68H74O7. The summed E-state index contributed by atoms with van der Waals surface area (Å²) in [7, 11) is 0. The maximum atomic E-state index is 12.4. The van der Waals surface area contributed by atoms with Crippen molar-refractivity contribution in [2.24, 2.45) is 29.6 Å². The molecule has 7 aromatic rings. The van der Waals surface area contributed by atoms with Gasteiger partial charge in [0.05, 0.1) is 0 Å². The van der Waals surface area contributed by atoms with Crippen LogP contribution in [0.3, 0.4) is 0 Å². The van der Waals surface area contributed by atoms with E-state index in [4.69, 9.17) is 0 Å². The van der Waals surface area contributed by atoms with Gasteiger partial charge in [-0.3, -0.25) is 0 Å². The van der Waals surface area contributed by atoms with Crippen molar-refractivity contribution in [1.82, 2.24) is 0 Å². The molecule has 8 bridgehead atoms. The summed E-state index contributed by atoms with van der Waals surface area (Å²) < 4.78 is 0. The number of phenols is 5. The molecule has 2 aliphatic rings. The number of fused-ring (bicyclic) bond motifs is 8. The van der Waals surface area contributed by atoms with E-state index in [0.29, 0.717) is 57.1 Å². The van der Waals surface area contributed by atoms with Gasteiger partial charge in [0, 0.05) is 75.6 Å². The summed E-state index contributed by atoms with van der Waals surface area (Å²) in [5.41, 5.74) is 11.4. The lowest BCUT2D eigenvalue weighted by atomic mass is 9.69. The van der Waals surface area contributed by atoms with Crippen LogP contribution in [0.5, 0.6) is 28.7 Å². The smallest absolute Gasteiger partial charge is 0.123 e. The number of aliphatic hydroxyl groups is 2. The molecule has 0 saturated carbocycles. The molecule has 388 valence electrons. The Morgan fingerprint density at radius 2 is 0.680 bits per heavy atom. The third-order valence-corrected chi connectivity index (χ3v) is 15.4. The molecule has 9 rings (SSSR count). The molecule has 75 heavy (non-hydrogen) atoms. The van der Waals surface area contributed by atoms with Crippen LogP contribution in [-0.2, 0) is 25.7 Å². The molecule has 7 nitrogen and oxygen atoms in total. The first-order valence-electron chi connectivity index (χ1n) is 27.0. The summed E-state index contributed by atoms with van der Waals surface area (Å²) in [6, 6.07) is 45.0. The van der Waals surface area contributed by atoms with Crippen molar-refractivity contribution in [1.29, 1.82) is 0 Å². The number of hydrogen-bond acceptors (Lipinski definition) is 7. The Balaban J connectivity index is 1.39. The molecule has 5 atom stereocenters. The van der Waals surface area contributed by atoms with E-state index in [9.17, 15) is 35.7 Å². The minimum atomic E-state index is -0.856. The zero-order valence-electron chi connectivity index (χ0n) is 44.7. The molecule has 0 spiro atoms. The monoisotopic (exact) mass is 1000 g/mol. The average molecular weight is 1000 g/mol. The lowest BCUT2D eigenvalue weighted by Gasteiger charge is -2.35. The molecule has 0 fully saturated rings. The molecule has 7 aromatic carbocycles. The predicted molar refractivity (Wildman–Crippen MR) is 302 cm³/mol. The fraction of sp³-hybridized carbons (Fsp3) is 0.324. The first-order chi connectivity index (χ1) is 35.8. The second kappa shape index (κ2) is 21.8. The first-order valence-corrected chi connectivity index (χ1v) is 27.0. The Morgan fingerprint density at radius 3 is 1.08 bits per heavy atom. The van der Waals surface area contributed by atoms with Crippen molar-refractivity contribution < 1.29 is 35.7 Å². The largest absolute Gasteiger partial charge is 0.512 e. The van der Waals surface area contributed by atoms with Crippen molar-refractivity contribution in [2.75, 3.05) is 0 Å². The van der Waals surface area contributed by atoms with Crippen molar-refractivity contribution >= 4 is 0 Å². The van der Waals surface area contributed by atoms with Gasteiger partial charge in [0.2, 0.25) is 0 Å². The number of aromatic hydroxyl groups is 5. The minimum Gasteiger partial charge on any atom is -0.512 e. The molecule has 5 unspecified atom stereocenters. The van der Waals surface area contributed by atoms with E-state index in [1.54, 1.807) is 18.2 Å². The maximum absolute atomic E-state index is 12.4. The van der Waals surface area contributed by atoms with Crippen molar-refractivity contribution in [3.63, 3.8) is 0 Å². The van der Waals surface area contributed by atoms with Gasteiger partial charge in [-0.15, -0.1) is 0 Å². The Hall–Kier alpha value is -7.38. The first kappa shape index (κ1) is 52.5. The van der Waals surface area contributed by atoms with Gasteiger partial charge in [-0.25, -0.2) is 0 Å². The molecule has 0 saturated heterocycles. The summed E-state index contributed by atoms with van der Waals surface area (Å²) in [5, 5.41) is 86.2. The molecule has 0 radical (unpaired) electrons. The number of allylic oxidation sites excluding steroid dienone is 3. The van der Waals surface area contributed by atoms with Crippen LogP contribution >= 0.6 is 0 Å². The van der Waals surface area contributed by atoms with E-state index in [2.05, 4.69) is 116 Å². The van der Waals surface area contributed by atoms with Gasteiger partial charge >= 0.3 is 0 Å². The topological polar surface area (TPSA) is 142 Å². The SMILES string of the molecule is CC(C)Cc1ccc(C2C3=C(O)C=C(O)C(C3)C(c3ccc(CC(C)C)cc3)c3cc(c(O)cc3O)C(c3ccc(CC(C)C)cc3)c3cc(c(O)cc3O)C(c3ccc(CC(C)C)cc3)c3cc2ccc3O)cc1. The van der Waals surface area contributed by atoms with Gasteiger partial charge in [0.25, 0.3) is 0 Å². The fourth-order valence-electron chi connectivity index (χ4n) is 12.1. The van der Waals surface area contributed by atoms with E-state index in [0.717, 1.165) is 70.2 Å². The normalized spacial score (nSPS) is 18.8. The van der Waals surface area contributed by atoms with E-state index in [-0.39, 0.29) is 46.7 Å². The second-order valence-corrected chi connectivity index (χ2v) is 23.2. The Labute approximate surface area is 443 Å². The number of hydrogen-bond donors (Lipinski definition) is 7. The van der Waals surface area contributed by atoms with Crippen LogP contribution in [-0.4, -0.2) is 35.7 Å². The molecule has 0 aromatic heterocycles. The Bertz CT molecular complexity index is 3210. The average Bonchev–Trinajstić information content (AvgIpc) is 3.34. The molecule has 0 heterocycles. The molecule has 7 N–H and O–H groups in total. The third kappa shape index (κ3) is 11.2. The highest BCUT2D eigenvalue weighted by molar-refractivity contribution is 5.64.